The Kier molecular flexibility index (Phi) is 3.53. The number of benzene rings is 1. The predicted molar refractivity (Wildman–Crippen MR) is 70.9 cm³/mol. The molecule has 7 heteroatoms. The first-order chi connectivity index (χ1) is 8.06. The van der Waals surface area contributed by atoms with Crippen LogP contribution in [0.4, 0.5) is 11.7 Å². The van der Waals surface area contributed by atoms with Gasteiger partial charge in [0.15, 0.2) is 5.69 Å². The molecule has 5 nitrogen and oxygen atoms in total. The van der Waals surface area contributed by atoms with Crippen LogP contribution in [0.15, 0.2) is 28.9 Å². The lowest BCUT2D eigenvalue weighted by atomic mass is 10.3. The van der Waals surface area contributed by atoms with Gasteiger partial charge in [-0.1, -0.05) is 11.6 Å². The van der Waals surface area contributed by atoms with Crippen molar-refractivity contribution in [3.63, 3.8) is 0 Å². The molecule has 1 aromatic carbocycles. The Morgan fingerprint density at radius 1 is 1.53 bits per heavy atom. The van der Waals surface area contributed by atoms with Gasteiger partial charge < -0.3 is 14.8 Å². The smallest absolute Gasteiger partial charge is 0.357 e. The predicted octanol–water partition coefficient (Wildman–Crippen LogP) is 3.37. The molecule has 2 N–H and O–H groups in total. The van der Waals surface area contributed by atoms with Crippen LogP contribution >= 0.6 is 34.2 Å². The molecular weight excluding hydrogens is 358 g/mol. The standard InChI is InChI=1S/C10H6ClIN2O3/c11-6-3-5(12)1-2-7(6)13-10-14-8(4-17-10)9(15)16/h1-4H,(H,13,14)(H,15,16). The Labute approximate surface area is 115 Å². The molecule has 1 heterocycles. The van der Waals surface area contributed by atoms with Crippen LogP contribution in [-0.4, -0.2) is 16.1 Å². The van der Waals surface area contributed by atoms with Crippen molar-refractivity contribution < 1.29 is 14.3 Å². The molecule has 88 valence electrons. The van der Waals surface area contributed by atoms with Gasteiger partial charge in [0.05, 0.1) is 10.7 Å². The van der Waals surface area contributed by atoms with Crippen molar-refractivity contribution in [2.45, 2.75) is 0 Å². The highest BCUT2D eigenvalue weighted by atomic mass is 127. The molecule has 0 spiro atoms. The summed E-state index contributed by atoms with van der Waals surface area (Å²) < 4.78 is 5.95. The largest absolute Gasteiger partial charge is 0.476 e. The van der Waals surface area contributed by atoms with Crippen LogP contribution in [0, 0.1) is 3.57 Å². The molecule has 0 saturated carbocycles. The lowest BCUT2D eigenvalue weighted by Crippen LogP contribution is -1.97. The number of anilines is 2. The number of hydrogen-bond donors (Lipinski definition) is 2. The molecule has 0 aliphatic carbocycles. The van der Waals surface area contributed by atoms with Crippen molar-refractivity contribution in [1.82, 2.24) is 4.98 Å². The SMILES string of the molecule is O=C(O)c1coc(Nc2ccc(I)cc2Cl)n1. The summed E-state index contributed by atoms with van der Waals surface area (Å²) in [5.74, 6) is -1.14. The Balaban J connectivity index is 2.22. The second kappa shape index (κ2) is 4.92. The van der Waals surface area contributed by atoms with Crippen LogP contribution < -0.4 is 5.32 Å². The van der Waals surface area contributed by atoms with Gasteiger partial charge in [-0.05, 0) is 40.8 Å². The zero-order chi connectivity index (χ0) is 12.4. The minimum Gasteiger partial charge on any atom is -0.476 e. The topological polar surface area (TPSA) is 75.4 Å². The molecule has 0 aliphatic heterocycles. The van der Waals surface area contributed by atoms with E-state index in [0.29, 0.717) is 10.7 Å². The van der Waals surface area contributed by atoms with Gasteiger partial charge >= 0.3 is 5.97 Å². The number of carboxylic acid groups (broad SMARTS) is 1. The lowest BCUT2D eigenvalue weighted by Gasteiger charge is -2.04. The van der Waals surface area contributed by atoms with Crippen LogP contribution in [0.25, 0.3) is 0 Å². The Morgan fingerprint density at radius 3 is 2.88 bits per heavy atom. The molecule has 0 unspecified atom stereocenters. The van der Waals surface area contributed by atoms with Crippen LogP contribution in [0.5, 0.6) is 0 Å². The van der Waals surface area contributed by atoms with Crippen molar-refractivity contribution in [2.75, 3.05) is 5.32 Å². The van der Waals surface area contributed by atoms with Crippen LogP contribution in [0.3, 0.4) is 0 Å². The van der Waals surface area contributed by atoms with Gasteiger partial charge in [-0.25, -0.2) is 4.79 Å². The van der Waals surface area contributed by atoms with E-state index < -0.39 is 5.97 Å². The number of rotatable bonds is 3. The van der Waals surface area contributed by atoms with E-state index in [1.54, 1.807) is 12.1 Å². The number of carbonyl (C=O) groups is 1. The summed E-state index contributed by atoms with van der Waals surface area (Å²) in [6.07, 6.45) is 1.06. The van der Waals surface area contributed by atoms with Gasteiger partial charge in [-0.15, -0.1) is 0 Å². The normalized spacial score (nSPS) is 10.2. The van der Waals surface area contributed by atoms with E-state index in [-0.39, 0.29) is 11.7 Å². The minimum absolute atomic E-state index is 0.0884. The maximum Gasteiger partial charge on any atom is 0.357 e. The second-order valence-electron chi connectivity index (χ2n) is 3.09. The Morgan fingerprint density at radius 2 is 2.29 bits per heavy atom. The number of halogens is 2. The first-order valence-electron chi connectivity index (χ1n) is 4.47. The lowest BCUT2D eigenvalue weighted by molar-refractivity contribution is 0.0690. The van der Waals surface area contributed by atoms with E-state index >= 15 is 0 Å². The molecule has 0 aliphatic rings. The maximum absolute atomic E-state index is 10.6. The van der Waals surface area contributed by atoms with E-state index in [1.165, 1.54) is 0 Å². The summed E-state index contributed by atoms with van der Waals surface area (Å²) in [7, 11) is 0. The van der Waals surface area contributed by atoms with E-state index in [1.807, 2.05) is 6.07 Å². The first kappa shape index (κ1) is 12.2. The molecule has 0 radical (unpaired) electrons. The summed E-state index contributed by atoms with van der Waals surface area (Å²) in [5.41, 5.74) is 0.444. The summed E-state index contributed by atoms with van der Waals surface area (Å²) >= 11 is 8.13. The third kappa shape index (κ3) is 2.89. The first-order valence-corrected chi connectivity index (χ1v) is 5.93. The average Bonchev–Trinajstić information content (AvgIpc) is 2.71. The number of nitrogens with one attached hydrogen (secondary N) is 1. The summed E-state index contributed by atoms with van der Waals surface area (Å²) in [4.78, 5) is 14.3. The molecule has 0 fully saturated rings. The van der Waals surface area contributed by atoms with Gasteiger partial charge in [0.2, 0.25) is 0 Å². The second-order valence-corrected chi connectivity index (χ2v) is 4.75. The number of carboxylic acids is 1. The summed E-state index contributed by atoms with van der Waals surface area (Å²) in [6, 6.07) is 5.47. The van der Waals surface area contributed by atoms with Crippen molar-refractivity contribution in [2.24, 2.45) is 0 Å². The van der Waals surface area contributed by atoms with Gasteiger partial charge in [0.25, 0.3) is 6.01 Å². The summed E-state index contributed by atoms with van der Waals surface area (Å²) in [5, 5.41) is 12.0. The third-order valence-electron chi connectivity index (χ3n) is 1.90. The fourth-order valence-electron chi connectivity index (χ4n) is 1.14. The summed E-state index contributed by atoms with van der Waals surface area (Å²) in [6.45, 7) is 0. The van der Waals surface area contributed by atoms with Gasteiger partial charge in [0.1, 0.15) is 6.26 Å². The van der Waals surface area contributed by atoms with Gasteiger partial charge in [-0.2, -0.15) is 4.98 Å². The highest BCUT2D eigenvalue weighted by Gasteiger charge is 2.11. The van der Waals surface area contributed by atoms with E-state index in [0.717, 1.165) is 9.83 Å². The molecular formula is C10H6ClIN2O3. The molecule has 0 bridgehead atoms. The van der Waals surface area contributed by atoms with Crippen LogP contribution in [-0.2, 0) is 0 Å². The number of aromatic nitrogens is 1. The monoisotopic (exact) mass is 364 g/mol. The van der Waals surface area contributed by atoms with E-state index in [9.17, 15) is 4.79 Å². The highest BCUT2D eigenvalue weighted by molar-refractivity contribution is 14.1. The van der Waals surface area contributed by atoms with Crippen LogP contribution in [0.2, 0.25) is 5.02 Å². The van der Waals surface area contributed by atoms with Gasteiger partial charge in [-0.3, -0.25) is 0 Å². The maximum atomic E-state index is 10.6. The Hall–Kier alpha value is -1.28. The van der Waals surface area contributed by atoms with Crippen molar-refractivity contribution >= 4 is 51.9 Å². The number of hydrogen-bond acceptors (Lipinski definition) is 4. The average molecular weight is 365 g/mol. The van der Waals surface area contributed by atoms with Crippen molar-refractivity contribution in [3.8, 4) is 0 Å². The number of oxazole rings is 1. The van der Waals surface area contributed by atoms with Gasteiger partial charge in [0, 0.05) is 3.57 Å². The highest BCUT2D eigenvalue weighted by Crippen LogP contribution is 2.26. The van der Waals surface area contributed by atoms with Crippen molar-refractivity contribution in [3.05, 3.63) is 38.7 Å². The molecule has 0 amide bonds. The van der Waals surface area contributed by atoms with Crippen molar-refractivity contribution in [1.29, 1.82) is 0 Å². The molecule has 17 heavy (non-hydrogen) atoms. The van der Waals surface area contributed by atoms with E-state index in [2.05, 4.69) is 32.9 Å². The molecule has 2 aromatic rings. The number of aromatic carboxylic acids is 1. The van der Waals surface area contributed by atoms with Crippen LogP contribution in [0.1, 0.15) is 10.5 Å². The Bertz CT molecular complexity index is 570. The minimum atomic E-state index is -1.14. The van der Waals surface area contributed by atoms with E-state index in [4.69, 9.17) is 21.1 Å². The zero-order valence-electron chi connectivity index (χ0n) is 8.28. The number of nitrogens with zero attached hydrogens (tertiary/aromatic N) is 1. The molecule has 2 rings (SSSR count). The third-order valence-corrected chi connectivity index (χ3v) is 2.88. The fourth-order valence-corrected chi connectivity index (χ4v) is 2.04. The molecule has 0 atom stereocenters. The fraction of sp³-hybridized carbons (Fsp3) is 0. The molecule has 1 aromatic heterocycles. The zero-order valence-corrected chi connectivity index (χ0v) is 11.2. The molecule has 0 saturated heterocycles. The quantitative estimate of drug-likeness (QED) is 0.817.